The Morgan fingerprint density at radius 1 is 1.17 bits per heavy atom. The molecule has 2 aromatic carbocycles. The zero-order valence-corrected chi connectivity index (χ0v) is 13.9. The third-order valence-corrected chi connectivity index (χ3v) is 3.87. The lowest BCUT2D eigenvalue weighted by Gasteiger charge is -2.15. The fourth-order valence-corrected chi connectivity index (χ4v) is 2.57. The fraction of sp³-hybridized carbons (Fsp3) is 0.263. The quantitative estimate of drug-likeness (QED) is 0.842. The van der Waals surface area contributed by atoms with Gasteiger partial charge in [0, 0.05) is 6.42 Å². The predicted octanol–water partition coefficient (Wildman–Crippen LogP) is 4.05. The lowest BCUT2D eigenvalue weighted by atomic mass is 9.96. The molecule has 1 N–H and O–H groups in total. The lowest BCUT2D eigenvalue weighted by Crippen LogP contribution is -2.18. The second kappa shape index (κ2) is 7.73. The minimum atomic E-state index is -0.517. The number of para-hydroxylation sites is 1. The van der Waals surface area contributed by atoms with Crippen LogP contribution >= 0.6 is 0 Å². The van der Waals surface area contributed by atoms with Crippen molar-refractivity contribution in [1.82, 2.24) is 0 Å². The van der Waals surface area contributed by atoms with E-state index in [2.05, 4.69) is 5.32 Å². The smallest absolute Gasteiger partial charge is 0.339 e. The highest BCUT2D eigenvalue weighted by molar-refractivity contribution is 6.02. The summed E-state index contributed by atoms with van der Waals surface area (Å²) in [5.74, 6) is -1.41. The molecule has 0 aliphatic rings. The number of methoxy groups -OCH3 is 1. The highest BCUT2D eigenvalue weighted by Crippen LogP contribution is 2.25. The van der Waals surface area contributed by atoms with Gasteiger partial charge in [0.05, 0.1) is 18.4 Å². The van der Waals surface area contributed by atoms with Crippen molar-refractivity contribution >= 4 is 17.6 Å². The number of aryl methyl sites for hydroxylation is 1. The largest absolute Gasteiger partial charge is 0.465 e. The van der Waals surface area contributed by atoms with E-state index in [0.29, 0.717) is 16.8 Å². The van der Waals surface area contributed by atoms with E-state index in [0.717, 1.165) is 5.56 Å². The molecule has 2 aromatic rings. The minimum absolute atomic E-state index is 0.107. The number of benzene rings is 2. The van der Waals surface area contributed by atoms with Gasteiger partial charge in [0.2, 0.25) is 5.91 Å². The molecular formula is C19H20FNO3. The van der Waals surface area contributed by atoms with Crippen LogP contribution in [0.2, 0.25) is 0 Å². The lowest BCUT2D eigenvalue weighted by molar-refractivity contribution is -0.116. The summed E-state index contributed by atoms with van der Waals surface area (Å²) in [7, 11) is 1.29. The van der Waals surface area contributed by atoms with Crippen LogP contribution in [0.4, 0.5) is 10.1 Å². The van der Waals surface area contributed by atoms with Gasteiger partial charge in [-0.25, -0.2) is 9.18 Å². The van der Waals surface area contributed by atoms with Crippen molar-refractivity contribution in [3.63, 3.8) is 0 Å². The highest BCUT2D eigenvalue weighted by atomic mass is 19.1. The zero-order chi connectivity index (χ0) is 17.7. The van der Waals surface area contributed by atoms with Crippen molar-refractivity contribution in [2.45, 2.75) is 26.2 Å². The van der Waals surface area contributed by atoms with Gasteiger partial charge in [-0.1, -0.05) is 37.3 Å². The number of ether oxygens (including phenoxy) is 1. The van der Waals surface area contributed by atoms with Crippen molar-refractivity contribution in [1.29, 1.82) is 0 Å². The third-order valence-electron chi connectivity index (χ3n) is 3.87. The second-order valence-corrected chi connectivity index (χ2v) is 5.66. The number of nitrogens with one attached hydrogen (secondary N) is 1. The summed E-state index contributed by atoms with van der Waals surface area (Å²) < 4.78 is 18.5. The van der Waals surface area contributed by atoms with Crippen LogP contribution in [-0.4, -0.2) is 19.0 Å². The summed E-state index contributed by atoms with van der Waals surface area (Å²) in [6, 6.07) is 11.5. The first kappa shape index (κ1) is 17.7. The predicted molar refractivity (Wildman–Crippen MR) is 90.6 cm³/mol. The molecule has 0 fully saturated rings. The van der Waals surface area contributed by atoms with Crippen molar-refractivity contribution in [3.05, 3.63) is 65.0 Å². The van der Waals surface area contributed by atoms with E-state index in [-0.39, 0.29) is 24.1 Å². The molecule has 0 aliphatic heterocycles. The van der Waals surface area contributed by atoms with Gasteiger partial charge in [-0.3, -0.25) is 4.79 Å². The van der Waals surface area contributed by atoms with Crippen LogP contribution in [0.25, 0.3) is 0 Å². The van der Waals surface area contributed by atoms with Gasteiger partial charge in [0.15, 0.2) is 0 Å². The van der Waals surface area contributed by atoms with E-state index in [1.165, 1.54) is 13.2 Å². The van der Waals surface area contributed by atoms with E-state index in [9.17, 15) is 14.0 Å². The van der Waals surface area contributed by atoms with E-state index >= 15 is 0 Å². The SMILES string of the molecule is COC(=O)c1cccc(C)c1NC(=O)CC(C)c1ccccc1F. The number of hydrogen-bond acceptors (Lipinski definition) is 3. The van der Waals surface area contributed by atoms with Crippen LogP contribution in [0.1, 0.15) is 40.7 Å². The first-order chi connectivity index (χ1) is 11.4. The highest BCUT2D eigenvalue weighted by Gasteiger charge is 2.18. The Bertz CT molecular complexity index is 758. The first-order valence-electron chi connectivity index (χ1n) is 7.66. The van der Waals surface area contributed by atoms with Gasteiger partial charge >= 0.3 is 5.97 Å². The molecule has 0 saturated carbocycles. The maximum absolute atomic E-state index is 13.8. The van der Waals surface area contributed by atoms with Crippen LogP contribution < -0.4 is 5.32 Å². The van der Waals surface area contributed by atoms with Gasteiger partial charge in [-0.05, 0) is 36.1 Å². The van der Waals surface area contributed by atoms with Gasteiger partial charge in [0.25, 0.3) is 0 Å². The number of rotatable bonds is 5. The minimum Gasteiger partial charge on any atom is -0.465 e. The Morgan fingerprint density at radius 3 is 2.54 bits per heavy atom. The Labute approximate surface area is 140 Å². The summed E-state index contributed by atoms with van der Waals surface area (Å²) in [6.07, 6.45) is 0.107. The molecule has 1 amide bonds. The van der Waals surface area contributed by atoms with Crippen LogP contribution in [0.15, 0.2) is 42.5 Å². The van der Waals surface area contributed by atoms with Crippen LogP contribution in [0.3, 0.4) is 0 Å². The number of carbonyl (C=O) groups is 2. The summed E-state index contributed by atoms with van der Waals surface area (Å²) in [6.45, 7) is 3.58. The van der Waals surface area contributed by atoms with Crippen LogP contribution in [0, 0.1) is 12.7 Å². The Kier molecular flexibility index (Phi) is 5.68. The summed E-state index contributed by atoms with van der Waals surface area (Å²) in [4.78, 5) is 24.2. The molecule has 5 heteroatoms. The number of anilines is 1. The average molecular weight is 329 g/mol. The molecule has 1 unspecified atom stereocenters. The number of amides is 1. The van der Waals surface area contributed by atoms with Crippen molar-refractivity contribution in [2.75, 3.05) is 12.4 Å². The summed E-state index contributed by atoms with van der Waals surface area (Å²) >= 11 is 0. The maximum atomic E-state index is 13.8. The van der Waals surface area contributed by atoms with Crippen molar-refractivity contribution in [2.24, 2.45) is 0 Å². The molecular weight excluding hydrogens is 309 g/mol. The molecule has 0 saturated heterocycles. The Morgan fingerprint density at radius 2 is 1.88 bits per heavy atom. The molecule has 24 heavy (non-hydrogen) atoms. The van der Waals surface area contributed by atoms with Gasteiger partial charge < -0.3 is 10.1 Å². The fourth-order valence-electron chi connectivity index (χ4n) is 2.57. The van der Waals surface area contributed by atoms with Crippen LogP contribution in [-0.2, 0) is 9.53 Å². The molecule has 0 spiro atoms. The number of esters is 1. The first-order valence-corrected chi connectivity index (χ1v) is 7.66. The zero-order valence-electron chi connectivity index (χ0n) is 13.9. The average Bonchev–Trinajstić information content (AvgIpc) is 2.56. The standard InChI is InChI=1S/C19H20FNO3/c1-12-7-6-9-15(19(23)24-3)18(12)21-17(22)11-13(2)14-8-4-5-10-16(14)20/h4-10,13H,11H2,1-3H3,(H,21,22). The molecule has 126 valence electrons. The van der Waals surface area contributed by atoms with Gasteiger partial charge in [-0.2, -0.15) is 0 Å². The summed E-state index contributed by atoms with van der Waals surface area (Å²) in [5.41, 5.74) is 1.97. The number of halogens is 1. The molecule has 0 radical (unpaired) electrons. The topological polar surface area (TPSA) is 55.4 Å². The Hall–Kier alpha value is -2.69. The Balaban J connectivity index is 2.16. The molecule has 0 aromatic heterocycles. The third kappa shape index (κ3) is 3.98. The van der Waals surface area contributed by atoms with E-state index < -0.39 is 5.97 Å². The molecule has 0 heterocycles. The molecule has 4 nitrogen and oxygen atoms in total. The number of carbonyl (C=O) groups excluding carboxylic acids is 2. The number of hydrogen-bond donors (Lipinski definition) is 1. The second-order valence-electron chi connectivity index (χ2n) is 5.66. The summed E-state index contributed by atoms with van der Waals surface area (Å²) in [5, 5.41) is 2.75. The van der Waals surface area contributed by atoms with Gasteiger partial charge in [0.1, 0.15) is 5.82 Å². The van der Waals surface area contributed by atoms with Gasteiger partial charge in [-0.15, -0.1) is 0 Å². The monoisotopic (exact) mass is 329 g/mol. The molecule has 0 bridgehead atoms. The molecule has 0 aliphatic carbocycles. The van der Waals surface area contributed by atoms with E-state index in [1.54, 1.807) is 50.2 Å². The maximum Gasteiger partial charge on any atom is 0.339 e. The molecule has 2 rings (SSSR count). The van der Waals surface area contributed by atoms with E-state index in [1.807, 2.05) is 0 Å². The molecule has 1 atom stereocenters. The van der Waals surface area contributed by atoms with E-state index in [4.69, 9.17) is 4.74 Å². The van der Waals surface area contributed by atoms with Crippen molar-refractivity contribution in [3.8, 4) is 0 Å². The van der Waals surface area contributed by atoms with Crippen molar-refractivity contribution < 1.29 is 18.7 Å². The van der Waals surface area contributed by atoms with Crippen LogP contribution in [0.5, 0.6) is 0 Å². The normalized spacial score (nSPS) is 11.7.